The Morgan fingerprint density at radius 2 is 2.00 bits per heavy atom. The summed E-state index contributed by atoms with van der Waals surface area (Å²) < 4.78 is 12.1. The molecule has 6 nitrogen and oxygen atoms in total. The van der Waals surface area contributed by atoms with Crippen LogP contribution in [-0.4, -0.2) is 52.8 Å². The van der Waals surface area contributed by atoms with Gasteiger partial charge in [-0.25, -0.2) is 0 Å². The van der Waals surface area contributed by atoms with Gasteiger partial charge >= 0.3 is 0 Å². The fourth-order valence-corrected chi connectivity index (χ4v) is 4.91. The molecule has 1 aliphatic rings. The number of amides is 1. The summed E-state index contributed by atoms with van der Waals surface area (Å²) in [6.07, 6.45) is 4.10. The van der Waals surface area contributed by atoms with E-state index in [0.29, 0.717) is 23.7 Å². The highest BCUT2D eigenvalue weighted by Gasteiger charge is 2.26. The maximum atomic E-state index is 12.2. The quantitative estimate of drug-likeness (QED) is 0.199. The Kier molecular flexibility index (Phi) is 12.8. The SMILES string of the molecule is CCNC(=NCCNC(=O)c1ccccc1Cl)NC1CCCC(S(=O)CC)C1.I. The molecular weight excluding hydrogens is 523 g/mol. The largest absolute Gasteiger partial charge is 0.357 e. The Bertz CT molecular complexity index is 705. The number of halogens is 2. The summed E-state index contributed by atoms with van der Waals surface area (Å²) in [5, 5.41) is 10.3. The highest BCUT2D eigenvalue weighted by atomic mass is 127. The molecule has 1 aromatic rings. The van der Waals surface area contributed by atoms with Crippen LogP contribution in [0.4, 0.5) is 0 Å². The van der Waals surface area contributed by atoms with Gasteiger partial charge < -0.3 is 16.0 Å². The van der Waals surface area contributed by atoms with Gasteiger partial charge in [0.15, 0.2) is 5.96 Å². The van der Waals surface area contributed by atoms with Gasteiger partial charge in [-0.05, 0) is 38.3 Å². The van der Waals surface area contributed by atoms with E-state index in [4.69, 9.17) is 11.6 Å². The summed E-state index contributed by atoms with van der Waals surface area (Å²) in [6.45, 7) is 5.65. The molecule has 29 heavy (non-hydrogen) atoms. The predicted molar refractivity (Wildman–Crippen MR) is 133 cm³/mol. The molecule has 1 amide bonds. The number of nitrogens with one attached hydrogen (secondary N) is 3. The average molecular weight is 555 g/mol. The molecule has 1 saturated carbocycles. The van der Waals surface area contributed by atoms with Crippen molar-refractivity contribution in [3.8, 4) is 0 Å². The number of rotatable bonds is 8. The number of aliphatic imine (C=N–C) groups is 1. The Morgan fingerprint density at radius 1 is 1.24 bits per heavy atom. The van der Waals surface area contributed by atoms with E-state index in [-0.39, 0.29) is 41.2 Å². The minimum Gasteiger partial charge on any atom is -0.357 e. The van der Waals surface area contributed by atoms with Crippen molar-refractivity contribution in [3.63, 3.8) is 0 Å². The molecule has 9 heteroatoms. The van der Waals surface area contributed by atoms with Crippen molar-refractivity contribution in [2.24, 2.45) is 4.99 Å². The van der Waals surface area contributed by atoms with Gasteiger partial charge in [0.05, 0.1) is 17.1 Å². The molecule has 1 fully saturated rings. The molecule has 1 aromatic carbocycles. The number of hydrogen-bond acceptors (Lipinski definition) is 3. The van der Waals surface area contributed by atoms with Gasteiger partial charge in [-0.1, -0.05) is 37.1 Å². The van der Waals surface area contributed by atoms with Gasteiger partial charge in [0.1, 0.15) is 0 Å². The van der Waals surface area contributed by atoms with E-state index in [9.17, 15) is 9.00 Å². The molecule has 3 N–H and O–H groups in total. The molecule has 3 atom stereocenters. The lowest BCUT2D eigenvalue weighted by atomic mass is 9.95. The van der Waals surface area contributed by atoms with E-state index in [1.807, 2.05) is 13.8 Å². The highest BCUT2D eigenvalue weighted by Crippen LogP contribution is 2.23. The standard InChI is InChI=1S/C20H31ClN4O2S.HI/c1-3-22-20(25-15-8-7-9-16(14-15)28(27)4-2)24-13-12-23-19(26)17-10-5-6-11-18(17)21;/h5-6,10-11,15-16H,3-4,7-9,12-14H2,1-2H3,(H,23,26)(H2,22,24,25);1H. The second kappa shape index (κ2) is 14.2. The average Bonchev–Trinajstić information content (AvgIpc) is 2.71. The Balaban J connectivity index is 0.00000420. The van der Waals surface area contributed by atoms with E-state index in [2.05, 4.69) is 20.9 Å². The number of carbonyl (C=O) groups is 1. The second-order valence-electron chi connectivity index (χ2n) is 6.80. The van der Waals surface area contributed by atoms with Crippen LogP contribution < -0.4 is 16.0 Å². The van der Waals surface area contributed by atoms with Crippen molar-refractivity contribution < 1.29 is 9.00 Å². The zero-order valence-corrected chi connectivity index (χ0v) is 21.0. The van der Waals surface area contributed by atoms with E-state index in [1.54, 1.807) is 24.3 Å². The summed E-state index contributed by atoms with van der Waals surface area (Å²) in [7, 11) is -0.744. The zero-order valence-electron chi connectivity index (χ0n) is 17.1. The van der Waals surface area contributed by atoms with Crippen molar-refractivity contribution in [2.75, 3.05) is 25.4 Å². The maximum Gasteiger partial charge on any atom is 0.252 e. The number of guanidine groups is 1. The summed E-state index contributed by atoms with van der Waals surface area (Å²) in [6, 6.07) is 7.26. The minimum absolute atomic E-state index is 0. The van der Waals surface area contributed by atoms with Gasteiger partial charge in [0.2, 0.25) is 0 Å². The summed E-state index contributed by atoms with van der Waals surface area (Å²) >= 11 is 6.05. The zero-order chi connectivity index (χ0) is 20.4. The Hall–Kier alpha value is -0.870. The third-order valence-electron chi connectivity index (χ3n) is 4.75. The van der Waals surface area contributed by atoms with Crippen molar-refractivity contribution >= 4 is 58.2 Å². The smallest absolute Gasteiger partial charge is 0.252 e. The molecule has 3 unspecified atom stereocenters. The van der Waals surface area contributed by atoms with E-state index >= 15 is 0 Å². The van der Waals surface area contributed by atoms with E-state index in [1.165, 1.54) is 0 Å². The molecule has 1 aliphatic carbocycles. The monoisotopic (exact) mass is 554 g/mol. The lowest BCUT2D eigenvalue weighted by Crippen LogP contribution is -2.47. The van der Waals surface area contributed by atoms with Gasteiger partial charge in [0.25, 0.3) is 5.91 Å². The third kappa shape index (κ3) is 8.80. The first-order chi connectivity index (χ1) is 13.5. The van der Waals surface area contributed by atoms with Crippen molar-refractivity contribution in [1.82, 2.24) is 16.0 Å². The van der Waals surface area contributed by atoms with Crippen LogP contribution in [0.2, 0.25) is 5.02 Å². The van der Waals surface area contributed by atoms with Gasteiger partial charge in [-0.15, -0.1) is 24.0 Å². The summed E-state index contributed by atoms with van der Waals surface area (Å²) in [4.78, 5) is 16.7. The number of carbonyl (C=O) groups excluding carboxylic acids is 1. The first-order valence-electron chi connectivity index (χ1n) is 9.99. The molecule has 0 radical (unpaired) electrons. The Labute approximate surface area is 198 Å². The third-order valence-corrected chi connectivity index (χ3v) is 6.82. The van der Waals surface area contributed by atoms with Crippen LogP contribution in [0.3, 0.4) is 0 Å². The van der Waals surface area contributed by atoms with E-state index < -0.39 is 10.8 Å². The lowest BCUT2D eigenvalue weighted by molar-refractivity contribution is 0.0955. The van der Waals surface area contributed by atoms with Crippen molar-refractivity contribution in [2.45, 2.75) is 50.8 Å². The van der Waals surface area contributed by atoms with Crippen LogP contribution in [0.5, 0.6) is 0 Å². The number of hydrogen-bond donors (Lipinski definition) is 3. The van der Waals surface area contributed by atoms with Gasteiger partial charge in [-0.3, -0.25) is 14.0 Å². The molecular formula is C20H32ClIN4O2S. The fraction of sp³-hybridized carbons (Fsp3) is 0.600. The number of benzene rings is 1. The van der Waals surface area contributed by atoms with Crippen LogP contribution in [0.15, 0.2) is 29.3 Å². The normalized spacial score (nSPS) is 20.3. The molecule has 0 aliphatic heterocycles. The molecule has 0 saturated heterocycles. The lowest BCUT2D eigenvalue weighted by Gasteiger charge is -2.30. The highest BCUT2D eigenvalue weighted by molar-refractivity contribution is 14.0. The Morgan fingerprint density at radius 3 is 2.69 bits per heavy atom. The van der Waals surface area contributed by atoms with Crippen LogP contribution in [0, 0.1) is 0 Å². The van der Waals surface area contributed by atoms with Crippen LogP contribution in [0.1, 0.15) is 49.9 Å². The maximum absolute atomic E-state index is 12.2. The van der Waals surface area contributed by atoms with E-state index in [0.717, 1.165) is 43.9 Å². The first kappa shape index (κ1) is 26.2. The molecule has 0 spiro atoms. The summed E-state index contributed by atoms with van der Waals surface area (Å²) in [5.74, 6) is 1.26. The van der Waals surface area contributed by atoms with Crippen LogP contribution in [0.25, 0.3) is 0 Å². The van der Waals surface area contributed by atoms with Crippen LogP contribution in [-0.2, 0) is 10.8 Å². The van der Waals surface area contributed by atoms with Crippen molar-refractivity contribution in [1.29, 1.82) is 0 Å². The molecule has 164 valence electrons. The van der Waals surface area contributed by atoms with Gasteiger partial charge in [0, 0.05) is 40.9 Å². The fourth-order valence-electron chi connectivity index (χ4n) is 3.34. The van der Waals surface area contributed by atoms with Gasteiger partial charge in [-0.2, -0.15) is 0 Å². The molecule has 0 aromatic heterocycles. The first-order valence-corrected chi connectivity index (χ1v) is 11.8. The number of nitrogens with zero attached hydrogens (tertiary/aromatic N) is 1. The summed E-state index contributed by atoms with van der Waals surface area (Å²) in [5.41, 5.74) is 0.468. The van der Waals surface area contributed by atoms with Crippen LogP contribution >= 0.6 is 35.6 Å². The topological polar surface area (TPSA) is 82.6 Å². The molecule has 2 rings (SSSR count). The minimum atomic E-state index is -0.744. The second-order valence-corrected chi connectivity index (χ2v) is 9.21. The molecule has 0 bridgehead atoms. The molecule has 0 heterocycles. The predicted octanol–water partition coefficient (Wildman–Crippen LogP) is 3.32. The van der Waals surface area contributed by atoms with Crippen molar-refractivity contribution in [3.05, 3.63) is 34.9 Å².